The van der Waals surface area contributed by atoms with E-state index in [2.05, 4.69) is 10.0 Å². The van der Waals surface area contributed by atoms with Gasteiger partial charge < -0.3 is 10.4 Å². The summed E-state index contributed by atoms with van der Waals surface area (Å²) >= 11 is 0. The fourth-order valence-corrected chi connectivity index (χ4v) is 2.99. The molecule has 1 aromatic rings. The highest BCUT2D eigenvalue weighted by Crippen LogP contribution is 2.15. The molecule has 5 nitrogen and oxygen atoms in total. The van der Waals surface area contributed by atoms with Crippen molar-refractivity contribution in [2.75, 3.05) is 19.3 Å². The first-order chi connectivity index (χ1) is 9.11. The van der Waals surface area contributed by atoms with Crippen LogP contribution < -0.4 is 10.0 Å². The van der Waals surface area contributed by atoms with Gasteiger partial charge in [-0.3, -0.25) is 0 Å². The molecule has 0 aliphatic rings. The zero-order valence-corrected chi connectivity index (χ0v) is 12.7. The van der Waals surface area contributed by atoms with Crippen LogP contribution in [0.1, 0.15) is 25.5 Å². The molecule has 1 rings (SSSR count). The summed E-state index contributed by atoms with van der Waals surface area (Å²) in [5, 5.41) is 12.8. The predicted octanol–water partition coefficient (Wildman–Crippen LogP) is 0.777. The maximum atomic E-state index is 13.4. The molecule has 1 unspecified atom stereocenters. The SMILES string of the molecule is CC(C)(CNCC(O)c1ccccc1F)NS(C)(=O)=O. The van der Waals surface area contributed by atoms with Gasteiger partial charge in [0.15, 0.2) is 0 Å². The van der Waals surface area contributed by atoms with Crippen LogP contribution in [0.15, 0.2) is 24.3 Å². The van der Waals surface area contributed by atoms with Crippen molar-refractivity contribution in [3.8, 4) is 0 Å². The van der Waals surface area contributed by atoms with Crippen LogP contribution in [0.25, 0.3) is 0 Å². The molecular formula is C13H21FN2O3S. The number of halogens is 1. The summed E-state index contributed by atoms with van der Waals surface area (Å²) in [5.41, 5.74) is -0.475. The summed E-state index contributed by atoms with van der Waals surface area (Å²) in [6.07, 6.45) is 0.105. The third kappa shape index (κ3) is 5.96. The number of aliphatic hydroxyl groups excluding tert-OH is 1. The van der Waals surface area contributed by atoms with Crippen molar-refractivity contribution in [2.45, 2.75) is 25.5 Å². The van der Waals surface area contributed by atoms with Crippen LogP contribution in [-0.4, -0.2) is 38.4 Å². The van der Waals surface area contributed by atoms with Gasteiger partial charge in [-0.15, -0.1) is 0 Å². The monoisotopic (exact) mass is 304 g/mol. The van der Waals surface area contributed by atoms with Gasteiger partial charge in [-0.2, -0.15) is 0 Å². The Kier molecular flexibility index (Phi) is 5.64. The van der Waals surface area contributed by atoms with Crippen LogP contribution >= 0.6 is 0 Å². The molecule has 1 aromatic carbocycles. The van der Waals surface area contributed by atoms with Crippen molar-refractivity contribution in [1.29, 1.82) is 0 Å². The second-order valence-electron chi connectivity index (χ2n) is 5.43. The Hall–Kier alpha value is -1.02. The number of rotatable bonds is 7. The van der Waals surface area contributed by atoms with Gasteiger partial charge >= 0.3 is 0 Å². The summed E-state index contributed by atoms with van der Waals surface area (Å²) in [5.74, 6) is -0.463. The van der Waals surface area contributed by atoms with E-state index in [1.807, 2.05) is 0 Å². The Morgan fingerprint density at radius 2 is 1.95 bits per heavy atom. The first-order valence-corrected chi connectivity index (χ1v) is 8.12. The van der Waals surface area contributed by atoms with E-state index >= 15 is 0 Å². The standard InChI is InChI=1S/C13H21FN2O3S/c1-13(2,16-20(3,18)19)9-15-8-12(17)10-6-4-5-7-11(10)14/h4-7,12,15-17H,8-9H2,1-3H3. The van der Waals surface area contributed by atoms with E-state index < -0.39 is 27.5 Å². The van der Waals surface area contributed by atoms with E-state index in [4.69, 9.17) is 0 Å². The molecule has 20 heavy (non-hydrogen) atoms. The summed E-state index contributed by atoms with van der Waals surface area (Å²) in [6, 6.07) is 6.00. The molecule has 0 radical (unpaired) electrons. The van der Waals surface area contributed by atoms with Gasteiger partial charge in [0.1, 0.15) is 5.82 Å². The van der Waals surface area contributed by atoms with Crippen molar-refractivity contribution < 1.29 is 17.9 Å². The average Bonchev–Trinajstić information content (AvgIpc) is 2.25. The van der Waals surface area contributed by atoms with Crippen molar-refractivity contribution >= 4 is 10.0 Å². The fraction of sp³-hybridized carbons (Fsp3) is 0.538. The minimum absolute atomic E-state index is 0.135. The third-order valence-electron chi connectivity index (χ3n) is 2.63. The minimum atomic E-state index is -3.30. The normalized spacial score (nSPS) is 14.2. The molecule has 0 heterocycles. The van der Waals surface area contributed by atoms with E-state index in [1.165, 1.54) is 12.1 Å². The molecule has 7 heteroatoms. The van der Waals surface area contributed by atoms with Gasteiger partial charge in [0.2, 0.25) is 10.0 Å². The summed E-state index contributed by atoms with van der Waals surface area (Å²) in [7, 11) is -3.30. The van der Waals surface area contributed by atoms with Gasteiger partial charge in [-0.25, -0.2) is 17.5 Å². The number of hydrogen-bond donors (Lipinski definition) is 3. The van der Waals surface area contributed by atoms with Gasteiger partial charge in [-0.05, 0) is 19.9 Å². The minimum Gasteiger partial charge on any atom is -0.387 e. The molecule has 0 aliphatic heterocycles. The number of benzene rings is 1. The second-order valence-corrected chi connectivity index (χ2v) is 7.17. The van der Waals surface area contributed by atoms with Crippen LogP contribution in [0.2, 0.25) is 0 Å². The third-order valence-corrected chi connectivity index (χ3v) is 3.55. The van der Waals surface area contributed by atoms with Gasteiger partial charge in [0.05, 0.1) is 12.4 Å². The van der Waals surface area contributed by atoms with Gasteiger partial charge in [-0.1, -0.05) is 18.2 Å². The maximum absolute atomic E-state index is 13.4. The molecule has 0 fully saturated rings. The predicted molar refractivity (Wildman–Crippen MR) is 76.3 cm³/mol. The molecule has 0 saturated carbocycles. The highest BCUT2D eigenvalue weighted by atomic mass is 32.2. The van der Waals surface area contributed by atoms with E-state index in [1.54, 1.807) is 26.0 Å². The highest BCUT2D eigenvalue weighted by Gasteiger charge is 2.22. The number of sulfonamides is 1. The summed E-state index contributed by atoms with van der Waals surface area (Å²) in [4.78, 5) is 0. The number of hydrogen-bond acceptors (Lipinski definition) is 4. The largest absolute Gasteiger partial charge is 0.387 e. The quantitative estimate of drug-likeness (QED) is 0.695. The molecule has 0 bridgehead atoms. The lowest BCUT2D eigenvalue weighted by Gasteiger charge is -2.26. The van der Waals surface area contributed by atoms with E-state index in [0.29, 0.717) is 6.54 Å². The lowest BCUT2D eigenvalue weighted by molar-refractivity contribution is 0.167. The van der Waals surface area contributed by atoms with E-state index in [-0.39, 0.29) is 12.1 Å². The molecule has 0 aliphatic carbocycles. The molecular weight excluding hydrogens is 283 g/mol. The first kappa shape index (κ1) is 17.0. The van der Waals surface area contributed by atoms with Crippen LogP contribution in [0.3, 0.4) is 0 Å². The zero-order chi connectivity index (χ0) is 15.4. The zero-order valence-electron chi connectivity index (χ0n) is 11.9. The van der Waals surface area contributed by atoms with Crippen LogP contribution in [0, 0.1) is 5.82 Å². The summed E-state index contributed by atoms with van der Waals surface area (Å²) < 4.78 is 38.3. The molecule has 114 valence electrons. The topological polar surface area (TPSA) is 78.4 Å². The second kappa shape index (κ2) is 6.62. The van der Waals surface area contributed by atoms with Crippen molar-refractivity contribution in [2.24, 2.45) is 0 Å². The Morgan fingerprint density at radius 3 is 2.50 bits per heavy atom. The van der Waals surface area contributed by atoms with Crippen LogP contribution in [0.4, 0.5) is 4.39 Å². The molecule has 3 N–H and O–H groups in total. The van der Waals surface area contributed by atoms with Crippen LogP contribution in [-0.2, 0) is 10.0 Å². The first-order valence-electron chi connectivity index (χ1n) is 6.23. The maximum Gasteiger partial charge on any atom is 0.209 e. The smallest absolute Gasteiger partial charge is 0.209 e. The molecule has 0 aromatic heterocycles. The molecule has 0 spiro atoms. The van der Waals surface area contributed by atoms with Gasteiger partial charge in [0.25, 0.3) is 0 Å². The molecule has 0 saturated heterocycles. The lowest BCUT2D eigenvalue weighted by Crippen LogP contribution is -2.50. The Balaban J connectivity index is 2.50. The Labute approximate surface area is 119 Å². The molecule has 1 atom stereocenters. The average molecular weight is 304 g/mol. The molecule has 0 amide bonds. The summed E-state index contributed by atoms with van der Waals surface area (Å²) in [6.45, 7) is 3.88. The van der Waals surface area contributed by atoms with Gasteiger partial charge in [0, 0.05) is 24.2 Å². The van der Waals surface area contributed by atoms with E-state index in [9.17, 15) is 17.9 Å². The van der Waals surface area contributed by atoms with Crippen molar-refractivity contribution in [3.63, 3.8) is 0 Å². The fourth-order valence-electron chi connectivity index (χ4n) is 1.91. The Morgan fingerprint density at radius 1 is 1.35 bits per heavy atom. The van der Waals surface area contributed by atoms with E-state index in [0.717, 1.165) is 6.26 Å². The van der Waals surface area contributed by atoms with Crippen molar-refractivity contribution in [1.82, 2.24) is 10.0 Å². The lowest BCUT2D eigenvalue weighted by atomic mass is 10.1. The van der Waals surface area contributed by atoms with Crippen LogP contribution in [0.5, 0.6) is 0 Å². The van der Waals surface area contributed by atoms with Crippen molar-refractivity contribution in [3.05, 3.63) is 35.6 Å². The number of aliphatic hydroxyl groups is 1. The number of nitrogens with one attached hydrogen (secondary N) is 2. The Bertz CT molecular complexity index is 546. The highest BCUT2D eigenvalue weighted by molar-refractivity contribution is 7.88.